The molecule has 1 fully saturated rings. The molecule has 0 saturated carbocycles. The fourth-order valence-corrected chi connectivity index (χ4v) is 4.93. The Balaban J connectivity index is 1.89. The van der Waals surface area contributed by atoms with E-state index in [2.05, 4.69) is 5.32 Å². The minimum atomic E-state index is -3.26. The van der Waals surface area contributed by atoms with Gasteiger partial charge in [0.05, 0.1) is 16.3 Å². The van der Waals surface area contributed by atoms with Crippen molar-refractivity contribution in [1.82, 2.24) is 0 Å². The summed E-state index contributed by atoms with van der Waals surface area (Å²) < 4.78 is 26.1. The van der Waals surface area contributed by atoms with Crippen LogP contribution in [-0.2, 0) is 10.0 Å². The van der Waals surface area contributed by atoms with E-state index in [1.807, 2.05) is 24.4 Å². The van der Waals surface area contributed by atoms with Gasteiger partial charge < -0.3 is 5.32 Å². The van der Waals surface area contributed by atoms with Crippen LogP contribution in [0.15, 0.2) is 35.7 Å². The van der Waals surface area contributed by atoms with Crippen LogP contribution in [0.2, 0.25) is 0 Å². The molecule has 2 heterocycles. The average Bonchev–Trinajstić information content (AvgIpc) is 3.03. The third-order valence-corrected chi connectivity index (χ3v) is 6.55. The summed E-state index contributed by atoms with van der Waals surface area (Å²) in [5.74, 6) is -0.00519. The Kier molecular flexibility index (Phi) is 4.41. The molecule has 1 aliphatic heterocycles. The summed E-state index contributed by atoms with van der Waals surface area (Å²) in [6, 6.07) is 8.94. The van der Waals surface area contributed by atoms with Crippen molar-refractivity contribution in [2.45, 2.75) is 19.8 Å². The molecule has 23 heavy (non-hydrogen) atoms. The lowest BCUT2D eigenvalue weighted by Gasteiger charge is -2.29. The van der Waals surface area contributed by atoms with Crippen molar-refractivity contribution in [1.29, 1.82) is 0 Å². The van der Waals surface area contributed by atoms with Gasteiger partial charge in [-0.15, -0.1) is 11.3 Å². The molecule has 1 amide bonds. The van der Waals surface area contributed by atoms with E-state index in [1.165, 1.54) is 15.6 Å². The van der Waals surface area contributed by atoms with E-state index in [4.69, 9.17) is 0 Å². The molecule has 0 spiro atoms. The number of nitrogens with zero attached hydrogens (tertiary/aromatic N) is 1. The summed E-state index contributed by atoms with van der Waals surface area (Å²) in [6.07, 6.45) is 1.55. The number of rotatable bonds is 3. The summed E-state index contributed by atoms with van der Waals surface area (Å²) in [6.45, 7) is 2.37. The number of benzene rings is 1. The Bertz CT molecular complexity index is 814. The van der Waals surface area contributed by atoms with Gasteiger partial charge in [0, 0.05) is 12.2 Å². The van der Waals surface area contributed by atoms with E-state index < -0.39 is 10.0 Å². The fraction of sp³-hybridized carbons (Fsp3) is 0.312. The largest absolute Gasteiger partial charge is 0.321 e. The lowest BCUT2D eigenvalue weighted by Crippen LogP contribution is -2.38. The van der Waals surface area contributed by atoms with Crippen LogP contribution in [0.1, 0.15) is 28.1 Å². The van der Waals surface area contributed by atoms with Crippen molar-refractivity contribution >= 4 is 38.6 Å². The standard InChI is InChI=1S/C16H18N2O3S2/c1-12-6-7-13(17-16(19)15-5-4-9-22-15)11-14(12)18-8-2-3-10-23(18,20)21/h4-7,9,11H,2-3,8,10H2,1H3,(H,17,19). The van der Waals surface area contributed by atoms with E-state index in [0.29, 0.717) is 29.2 Å². The summed E-state index contributed by atoms with van der Waals surface area (Å²) in [5, 5.41) is 4.67. The number of nitrogens with one attached hydrogen (secondary N) is 1. The van der Waals surface area contributed by atoms with Gasteiger partial charge >= 0.3 is 0 Å². The number of thiophene rings is 1. The minimum Gasteiger partial charge on any atom is -0.321 e. The molecule has 1 aromatic carbocycles. The van der Waals surface area contributed by atoms with E-state index in [9.17, 15) is 13.2 Å². The van der Waals surface area contributed by atoms with Crippen molar-refractivity contribution in [2.75, 3.05) is 21.9 Å². The molecule has 0 bridgehead atoms. The number of hydrogen-bond donors (Lipinski definition) is 1. The quantitative estimate of drug-likeness (QED) is 0.924. The summed E-state index contributed by atoms with van der Waals surface area (Å²) in [4.78, 5) is 12.8. The third kappa shape index (κ3) is 3.40. The van der Waals surface area contributed by atoms with Gasteiger partial charge in [0.15, 0.2) is 0 Å². The second kappa shape index (κ2) is 6.33. The smallest absolute Gasteiger partial charge is 0.265 e. The predicted octanol–water partition coefficient (Wildman–Crippen LogP) is 3.24. The lowest BCUT2D eigenvalue weighted by atomic mass is 10.1. The van der Waals surface area contributed by atoms with Crippen molar-refractivity contribution in [3.63, 3.8) is 0 Å². The minimum absolute atomic E-state index is 0.179. The van der Waals surface area contributed by atoms with Crippen molar-refractivity contribution < 1.29 is 13.2 Å². The lowest BCUT2D eigenvalue weighted by molar-refractivity contribution is 0.103. The Morgan fingerprint density at radius 2 is 2.09 bits per heavy atom. The van der Waals surface area contributed by atoms with E-state index in [-0.39, 0.29) is 11.7 Å². The number of amides is 1. The second-order valence-electron chi connectivity index (χ2n) is 5.53. The van der Waals surface area contributed by atoms with Crippen LogP contribution in [-0.4, -0.2) is 26.6 Å². The first-order valence-corrected chi connectivity index (χ1v) is 9.92. The Hall–Kier alpha value is -1.86. The molecule has 7 heteroatoms. The molecule has 1 aliphatic rings. The molecule has 0 atom stereocenters. The van der Waals surface area contributed by atoms with Crippen molar-refractivity contribution in [3.8, 4) is 0 Å². The van der Waals surface area contributed by atoms with Crippen LogP contribution in [0.25, 0.3) is 0 Å². The number of hydrogen-bond acceptors (Lipinski definition) is 4. The van der Waals surface area contributed by atoms with Gasteiger partial charge in [-0.1, -0.05) is 12.1 Å². The van der Waals surface area contributed by atoms with Crippen LogP contribution >= 0.6 is 11.3 Å². The highest BCUT2D eigenvalue weighted by Gasteiger charge is 2.27. The van der Waals surface area contributed by atoms with Crippen molar-refractivity contribution in [2.24, 2.45) is 0 Å². The fourth-order valence-electron chi connectivity index (χ4n) is 2.62. The highest BCUT2D eigenvalue weighted by atomic mass is 32.2. The van der Waals surface area contributed by atoms with Crippen molar-refractivity contribution in [3.05, 3.63) is 46.2 Å². The van der Waals surface area contributed by atoms with Gasteiger partial charge in [-0.2, -0.15) is 0 Å². The molecule has 1 aromatic heterocycles. The highest BCUT2D eigenvalue weighted by molar-refractivity contribution is 7.92. The molecule has 1 saturated heterocycles. The highest BCUT2D eigenvalue weighted by Crippen LogP contribution is 2.29. The maximum atomic E-state index is 12.3. The summed E-state index contributed by atoms with van der Waals surface area (Å²) in [7, 11) is -3.26. The molecule has 122 valence electrons. The number of aryl methyl sites for hydroxylation is 1. The van der Waals surface area contributed by atoms with Gasteiger partial charge in [-0.25, -0.2) is 8.42 Å². The summed E-state index contributed by atoms with van der Waals surface area (Å²) in [5.41, 5.74) is 2.13. The van der Waals surface area contributed by atoms with Crippen LogP contribution in [0.5, 0.6) is 0 Å². The average molecular weight is 350 g/mol. The molecule has 0 unspecified atom stereocenters. The van der Waals surface area contributed by atoms with E-state index in [0.717, 1.165) is 12.0 Å². The monoisotopic (exact) mass is 350 g/mol. The SMILES string of the molecule is Cc1ccc(NC(=O)c2cccs2)cc1N1CCCCS1(=O)=O. The first-order valence-electron chi connectivity index (χ1n) is 7.43. The van der Waals surface area contributed by atoms with Gasteiger partial charge in [-0.3, -0.25) is 9.10 Å². The topological polar surface area (TPSA) is 66.5 Å². The maximum absolute atomic E-state index is 12.3. The number of anilines is 2. The Labute approximate surface area is 140 Å². The van der Waals surface area contributed by atoms with Crippen LogP contribution in [0, 0.1) is 6.92 Å². The van der Waals surface area contributed by atoms with Gasteiger partial charge in [-0.05, 0) is 48.9 Å². The normalized spacial score (nSPS) is 17.0. The van der Waals surface area contributed by atoms with Gasteiger partial charge in [0.2, 0.25) is 10.0 Å². The zero-order chi connectivity index (χ0) is 16.4. The van der Waals surface area contributed by atoms with Gasteiger partial charge in [0.1, 0.15) is 0 Å². The zero-order valence-electron chi connectivity index (χ0n) is 12.8. The number of carbonyl (C=O) groups excluding carboxylic acids is 1. The zero-order valence-corrected chi connectivity index (χ0v) is 14.4. The molecule has 3 rings (SSSR count). The third-order valence-electron chi connectivity index (χ3n) is 3.83. The molecule has 0 radical (unpaired) electrons. The molecular formula is C16H18N2O3S2. The number of carbonyl (C=O) groups is 1. The molecular weight excluding hydrogens is 332 g/mol. The van der Waals surface area contributed by atoms with Gasteiger partial charge in [0.25, 0.3) is 5.91 Å². The first-order chi connectivity index (χ1) is 11.0. The maximum Gasteiger partial charge on any atom is 0.265 e. The second-order valence-corrected chi connectivity index (χ2v) is 8.49. The number of sulfonamides is 1. The first kappa shape index (κ1) is 16.0. The molecule has 2 aromatic rings. The van der Waals surface area contributed by atoms with Crippen LogP contribution in [0.3, 0.4) is 0 Å². The molecule has 1 N–H and O–H groups in total. The van der Waals surface area contributed by atoms with Crippen LogP contribution in [0.4, 0.5) is 11.4 Å². The van der Waals surface area contributed by atoms with E-state index >= 15 is 0 Å². The Morgan fingerprint density at radius 1 is 1.26 bits per heavy atom. The summed E-state index contributed by atoms with van der Waals surface area (Å²) >= 11 is 1.37. The molecule has 5 nitrogen and oxygen atoms in total. The molecule has 0 aliphatic carbocycles. The van der Waals surface area contributed by atoms with E-state index in [1.54, 1.807) is 18.2 Å². The van der Waals surface area contributed by atoms with Crippen LogP contribution < -0.4 is 9.62 Å². The predicted molar refractivity (Wildman–Crippen MR) is 93.8 cm³/mol. The Morgan fingerprint density at radius 3 is 2.78 bits per heavy atom.